The summed E-state index contributed by atoms with van der Waals surface area (Å²) in [7, 11) is -3.90. The van der Waals surface area contributed by atoms with Gasteiger partial charge in [-0.2, -0.15) is 31.4 Å². The number of halogens is 6. The fourth-order valence-corrected chi connectivity index (χ4v) is 3.84. The fourth-order valence-electron chi connectivity index (χ4n) is 2.81. The van der Waals surface area contributed by atoms with Crippen LogP contribution in [0.3, 0.4) is 0 Å². The van der Waals surface area contributed by atoms with Gasteiger partial charge in [0, 0.05) is 12.3 Å². The van der Waals surface area contributed by atoms with Crippen molar-refractivity contribution in [2.75, 3.05) is 5.75 Å². The van der Waals surface area contributed by atoms with Gasteiger partial charge in [0.2, 0.25) is 0 Å². The molecule has 0 saturated carbocycles. The third-order valence-electron chi connectivity index (χ3n) is 4.40. The lowest BCUT2D eigenvalue weighted by Gasteiger charge is -2.10. The van der Waals surface area contributed by atoms with E-state index in [0.29, 0.717) is 10.7 Å². The molecule has 0 radical (unpaired) electrons. The van der Waals surface area contributed by atoms with E-state index >= 15 is 0 Å². The number of alkyl halides is 6. The second-order valence-corrected chi connectivity index (χ2v) is 8.82. The van der Waals surface area contributed by atoms with Crippen LogP contribution in [-0.4, -0.2) is 48.5 Å². The molecule has 33 heavy (non-hydrogen) atoms. The average molecular weight is 491 g/mol. The van der Waals surface area contributed by atoms with Crippen LogP contribution in [0.4, 0.5) is 26.3 Å². The molecule has 174 valence electrons. The highest BCUT2D eigenvalue weighted by Gasteiger charge is 2.36. The van der Waals surface area contributed by atoms with Gasteiger partial charge in [-0.1, -0.05) is 6.92 Å². The molecule has 0 N–H and O–H groups in total. The Morgan fingerprint density at radius 2 is 1.70 bits per heavy atom. The first-order valence-electron chi connectivity index (χ1n) is 8.96. The lowest BCUT2D eigenvalue weighted by Crippen LogP contribution is -2.11. The molecule has 0 bridgehead atoms. The van der Waals surface area contributed by atoms with Gasteiger partial charge >= 0.3 is 12.4 Å². The predicted molar refractivity (Wildman–Crippen MR) is 98.9 cm³/mol. The number of pyridine rings is 1. The van der Waals surface area contributed by atoms with Crippen LogP contribution in [0, 0.1) is 0 Å². The van der Waals surface area contributed by atoms with Crippen molar-refractivity contribution in [3.63, 3.8) is 0 Å². The molecule has 0 aliphatic carbocycles. The van der Waals surface area contributed by atoms with Crippen LogP contribution in [0.1, 0.15) is 18.4 Å². The van der Waals surface area contributed by atoms with E-state index in [1.54, 1.807) is 0 Å². The van der Waals surface area contributed by atoms with Crippen LogP contribution in [-0.2, 0) is 22.2 Å². The molecule has 0 unspecified atom stereocenters. The van der Waals surface area contributed by atoms with Crippen LogP contribution in [0.25, 0.3) is 22.9 Å². The van der Waals surface area contributed by atoms with E-state index in [2.05, 4.69) is 25.1 Å². The molecule has 0 aliphatic rings. The molecule has 9 nitrogen and oxygen atoms in total. The zero-order valence-electron chi connectivity index (χ0n) is 16.3. The van der Waals surface area contributed by atoms with Crippen molar-refractivity contribution in [2.24, 2.45) is 0 Å². The van der Waals surface area contributed by atoms with Crippen LogP contribution >= 0.6 is 0 Å². The van der Waals surface area contributed by atoms with E-state index in [-0.39, 0.29) is 33.5 Å². The lowest BCUT2D eigenvalue weighted by atomic mass is 10.2. The smallest absolute Gasteiger partial charge is 0.227 e. The number of aromatic nitrogens is 7. The summed E-state index contributed by atoms with van der Waals surface area (Å²) in [5.41, 5.74) is -1.87. The van der Waals surface area contributed by atoms with E-state index in [0.717, 1.165) is 29.2 Å². The maximum Gasteiger partial charge on any atom is 0.453 e. The summed E-state index contributed by atoms with van der Waals surface area (Å²) in [6.45, 7) is 1.36. The standard InChI is InChI=1S/C17H11F6N7O2S/c1-2-33(31,32)10-3-4-12(30-8-24-15(28-30)17(21,22)23)26-14(10)9-5-6-29-13(25-9)7-11(27-29)16(18,19)20/h3-8H,2H2,1H3. The Hall–Kier alpha value is -3.56. The van der Waals surface area contributed by atoms with Crippen LogP contribution in [0.2, 0.25) is 0 Å². The molecule has 0 aliphatic heterocycles. The summed E-state index contributed by atoms with van der Waals surface area (Å²) >= 11 is 0. The Kier molecular flexibility index (Phi) is 5.14. The Labute approximate surface area is 180 Å². The van der Waals surface area contributed by atoms with Crippen molar-refractivity contribution >= 4 is 15.5 Å². The van der Waals surface area contributed by atoms with Crippen molar-refractivity contribution in [1.29, 1.82) is 0 Å². The quantitative estimate of drug-likeness (QED) is 0.404. The molecule has 0 spiro atoms. The minimum absolute atomic E-state index is 0.138. The molecule has 0 aromatic carbocycles. The van der Waals surface area contributed by atoms with Gasteiger partial charge in [0.1, 0.15) is 12.0 Å². The van der Waals surface area contributed by atoms with E-state index < -0.39 is 33.7 Å². The van der Waals surface area contributed by atoms with Crippen LogP contribution in [0.5, 0.6) is 0 Å². The van der Waals surface area contributed by atoms with Crippen molar-refractivity contribution in [3.8, 4) is 17.2 Å². The van der Waals surface area contributed by atoms with E-state index in [9.17, 15) is 34.8 Å². The summed E-state index contributed by atoms with van der Waals surface area (Å²) in [6.07, 6.45) is -7.68. The highest BCUT2D eigenvalue weighted by molar-refractivity contribution is 7.91. The van der Waals surface area contributed by atoms with E-state index in [4.69, 9.17) is 0 Å². The van der Waals surface area contributed by atoms with Crippen LogP contribution < -0.4 is 0 Å². The van der Waals surface area contributed by atoms with Crippen molar-refractivity contribution in [2.45, 2.75) is 24.2 Å². The largest absolute Gasteiger partial charge is 0.453 e. The molecule has 0 amide bonds. The van der Waals surface area contributed by atoms with Gasteiger partial charge in [-0.05, 0) is 18.2 Å². The molecule has 16 heteroatoms. The Morgan fingerprint density at radius 3 is 2.30 bits per heavy atom. The second-order valence-electron chi connectivity index (χ2n) is 6.57. The number of hydrogen-bond donors (Lipinski definition) is 0. The maximum atomic E-state index is 13.0. The normalized spacial score (nSPS) is 13.1. The minimum Gasteiger partial charge on any atom is -0.227 e. The first-order chi connectivity index (χ1) is 15.3. The topological polar surface area (TPSA) is 108 Å². The van der Waals surface area contributed by atoms with Gasteiger partial charge in [-0.25, -0.2) is 32.6 Å². The molecule has 4 aromatic rings. The Morgan fingerprint density at radius 1 is 0.970 bits per heavy atom. The molecule has 0 saturated heterocycles. The zero-order chi connectivity index (χ0) is 24.2. The third kappa shape index (κ3) is 4.24. The summed E-state index contributed by atoms with van der Waals surface area (Å²) in [4.78, 5) is 10.9. The van der Waals surface area contributed by atoms with Gasteiger partial charge in [-0.15, -0.1) is 5.10 Å². The average Bonchev–Trinajstić information content (AvgIpc) is 3.40. The number of rotatable bonds is 4. The molecule has 4 rings (SSSR count). The molecular weight excluding hydrogens is 480 g/mol. The predicted octanol–water partition coefficient (Wildman–Crippen LogP) is 3.20. The van der Waals surface area contributed by atoms with Gasteiger partial charge in [0.15, 0.2) is 27.0 Å². The number of nitrogens with zero attached hydrogens (tertiary/aromatic N) is 7. The first-order valence-corrected chi connectivity index (χ1v) is 10.6. The Balaban J connectivity index is 1.90. The first kappa shape index (κ1) is 22.6. The summed E-state index contributed by atoms with van der Waals surface area (Å²) < 4.78 is 104. The molecule has 0 fully saturated rings. The fraction of sp³-hybridized carbons (Fsp3) is 0.235. The third-order valence-corrected chi connectivity index (χ3v) is 6.16. The van der Waals surface area contributed by atoms with Gasteiger partial charge in [-0.3, -0.25) is 0 Å². The van der Waals surface area contributed by atoms with E-state index in [1.807, 2.05) is 0 Å². The Bertz CT molecular complexity index is 1460. The summed E-state index contributed by atoms with van der Waals surface area (Å²) in [5, 5.41) is 6.65. The van der Waals surface area contributed by atoms with Gasteiger partial charge in [0.25, 0.3) is 5.82 Å². The number of sulfone groups is 1. The highest BCUT2D eigenvalue weighted by atomic mass is 32.2. The SMILES string of the molecule is CCS(=O)(=O)c1ccc(-n2cnc(C(F)(F)F)n2)nc1-c1ccn2nc(C(F)(F)F)cc2n1. The van der Waals surface area contributed by atoms with Crippen molar-refractivity contribution < 1.29 is 34.8 Å². The van der Waals surface area contributed by atoms with Crippen molar-refractivity contribution in [3.05, 3.63) is 48.3 Å². The summed E-state index contributed by atoms with van der Waals surface area (Å²) in [5.74, 6) is -1.99. The lowest BCUT2D eigenvalue weighted by molar-refractivity contribution is -0.145. The second kappa shape index (κ2) is 7.50. The van der Waals surface area contributed by atoms with E-state index in [1.165, 1.54) is 13.0 Å². The number of fused-ring (bicyclic) bond motifs is 1. The number of hydrogen-bond acceptors (Lipinski definition) is 7. The van der Waals surface area contributed by atoms with Crippen LogP contribution in [0.15, 0.2) is 41.7 Å². The molecule has 0 atom stereocenters. The monoisotopic (exact) mass is 491 g/mol. The minimum atomic E-state index is -4.82. The molecular formula is C17H11F6N7O2S. The van der Waals surface area contributed by atoms with Crippen molar-refractivity contribution in [1.82, 2.24) is 34.3 Å². The molecule has 4 aromatic heterocycles. The summed E-state index contributed by atoms with van der Waals surface area (Å²) in [6, 6.07) is 4.08. The molecule has 4 heterocycles. The maximum absolute atomic E-state index is 13.0. The van der Waals surface area contributed by atoms with Gasteiger partial charge < -0.3 is 0 Å². The van der Waals surface area contributed by atoms with Gasteiger partial charge in [0.05, 0.1) is 16.3 Å². The zero-order valence-corrected chi connectivity index (χ0v) is 17.1. The highest BCUT2D eigenvalue weighted by Crippen LogP contribution is 2.31.